The molecule has 6 nitrogen and oxygen atoms in total. The van der Waals surface area contributed by atoms with Crippen LogP contribution in [-0.4, -0.2) is 22.4 Å². The molecule has 1 amide bonds. The van der Waals surface area contributed by atoms with E-state index in [2.05, 4.69) is 10.2 Å². The zero-order chi connectivity index (χ0) is 12.4. The zero-order valence-electron chi connectivity index (χ0n) is 8.67. The number of primary amides is 1. The Morgan fingerprint density at radius 3 is 2.76 bits per heavy atom. The van der Waals surface area contributed by atoms with Crippen LogP contribution in [0.4, 0.5) is 0 Å². The van der Waals surface area contributed by atoms with E-state index in [1.807, 2.05) is 6.26 Å². The van der Waals surface area contributed by atoms with Crippen LogP contribution >= 0.6 is 23.1 Å². The number of rotatable bonds is 3. The summed E-state index contributed by atoms with van der Waals surface area (Å²) in [6.45, 7) is 0. The molecule has 0 aromatic carbocycles. The third-order valence-corrected chi connectivity index (χ3v) is 3.81. The molecule has 0 bridgehead atoms. The van der Waals surface area contributed by atoms with Crippen LogP contribution in [0.1, 0.15) is 10.6 Å². The van der Waals surface area contributed by atoms with Crippen molar-refractivity contribution in [2.45, 2.75) is 4.34 Å². The van der Waals surface area contributed by atoms with Crippen LogP contribution in [0.15, 0.2) is 25.7 Å². The van der Waals surface area contributed by atoms with Gasteiger partial charge < -0.3 is 10.2 Å². The third-order valence-electron chi connectivity index (χ3n) is 1.88. The Morgan fingerprint density at radius 1 is 1.47 bits per heavy atom. The lowest BCUT2D eigenvalue weighted by Crippen LogP contribution is -2.14. The molecule has 0 saturated heterocycles. The molecule has 0 saturated carbocycles. The van der Waals surface area contributed by atoms with Crippen molar-refractivity contribution in [3.05, 3.63) is 28.3 Å². The fourth-order valence-corrected chi connectivity index (χ4v) is 2.39. The summed E-state index contributed by atoms with van der Waals surface area (Å²) in [6, 6.07) is 2.80. The molecule has 0 spiro atoms. The monoisotopic (exact) mass is 269 g/mol. The number of hydrogen-bond acceptors (Lipinski definition) is 7. The highest BCUT2D eigenvalue weighted by Crippen LogP contribution is 2.26. The maximum absolute atomic E-state index is 11.6. The first kappa shape index (κ1) is 11.8. The third kappa shape index (κ3) is 2.37. The van der Waals surface area contributed by atoms with E-state index in [1.165, 1.54) is 35.2 Å². The molecule has 17 heavy (non-hydrogen) atoms. The van der Waals surface area contributed by atoms with E-state index < -0.39 is 11.5 Å². The lowest BCUT2D eigenvalue weighted by Gasteiger charge is -1.95. The highest BCUT2D eigenvalue weighted by molar-refractivity contribution is 8.00. The van der Waals surface area contributed by atoms with Crippen LogP contribution < -0.4 is 11.4 Å². The second kappa shape index (κ2) is 4.68. The summed E-state index contributed by atoms with van der Waals surface area (Å²) in [4.78, 5) is 22.4. The Hall–Kier alpha value is -1.67. The van der Waals surface area contributed by atoms with Gasteiger partial charge in [-0.15, -0.1) is 10.2 Å². The van der Waals surface area contributed by atoms with Crippen molar-refractivity contribution in [2.24, 2.45) is 5.73 Å². The van der Waals surface area contributed by atoms with Crippen molar-refractivity contribution in [1.82, 2.24) is 10.2 Å². The molecule has 2 N–H and O–H groups in total. The molecule has 0 aliphatic rings. The number of aromatic nitrogens is 2. The number of nitrogens with zero attached hydrogens (tertiary/aromatic N) is 2. The molecule has 0 unspecified atom stereocenters. The fraction of sp³-hybridized carbons (Fsp3) is 0.111. The largest absolute Gasteiger partial charge is 0.417 e. The molecule has 0 aliphatic carbocycles. The fourth-order valence-electron chi connectivity index (χ4n) is 1.11. The first-order chi connectivity index (χ1) is 8.11. The van der Waals surface area contributed by atoms with Crippen LogP contribution in [-0.2, 0) is 0 Å². The summed E-state index contributed by atoms with van der Waals surface area (Å²) in [5.41, 5.74) is 4.62. The van der Waals surface area contributed by atoms with Crippen molar-refractivity contribution in [1.29, 1.82) is 0 Å². The normalized spacial score (nSPS) is 10.4. The molecule has 8 heteroatoms. The van der Waals surface area contributed by atoms with Gasteiger partial charge in [-0.1, -0.05) is 23.1 Å². The Labute approximate surface area is 104 Å². The summed E-state index contributed by atoms with van der Waals surface area (Å²) < 4.78 is 5.52. The molecule has 0 radical (unpaired) electrons. The van der Waals surface area contributed by atoms with Crippen LogP contribution in [0, 0.1) is 0 Å². The van der Waals surface area contributed by atoms with E-state index >= 15 is 0 Å². The molecule has 2 aromatic heterocycles. The van der Waals surface area contributed by atoms with E-state index in [4.69, 9.17) is 10.2 Å². The maximum Gasteiger partial charge on any atom is 0.346 e. The Bertz CT molecular complexity index is 620. The average molecular weight is 269 g/mol. The smallest absolute Gasteiger partial charge is 0.346 e. The van der Waals surface area contributed by atoms with Gasteiger partial charge in [0.15, 0.2) is 15.1 Å². The summed E-state index contributed by atoms with van der Waals surface area (Å²) in [5.74, 6) is -0.955. The second-order valence-corrected chi connectivity index (χ2v) is 4.97. The molecule has 88 valence electrons. The number of nitrogens with two attached hydrogens (primary N) is 1. The second-order valence-electron chi connectivity index (χ2n) is 2.94. The minimum absolute atomic E-state index is 0.173. The lowest BCUT2D eigenvalue weighted by molar-refractivity contribution is 0.0969. The van der Waals surface area contributed by atoms with E-state index in [-0.39, 0.29) is 11.3 Å². The van der Waals surface area contributed by atoms with Crippen molar-refractivity contribution in [3.63, 3.8) is 0 Å². The van der Waals surface area contributed by atoms with Crippen LogP contribution in [0.5, 0.6) is 0 Å². The molecule has 2 rings (SSSR count). The molecular weight excluding hydrogens is 262 g/mol. The average Bonchev–Trinajstić information content (AvgIpc) is 2.77. The van der Waals surface area contributed by atoms with E-state index in [1.54, 1.807) is 0 Å². The van der Waals surface area contributed by atoms with Crippen molar-refractivity contribution in [2.75, 3.05) is 6.26 Å². The Morgan fingerprint density at radius 2 is 2.24 bits per heavy atom. The number of hydrogen-bond donors (Lipinski definition) is 1. The van der Waals surface area contributed by atoms with E-state index in [0.717, 1.165) is 4.34 Å². The molecule has 0 atom stereocenters. The predicted molar refractivity (Wildman–Crippen MR) is 64.2 cm³/mol. The SMILES string of the molecule is CSc1nnc(-c2ccc(C(N)=O)oc2=O)s1. The van der Waals surface area contributed by atoms with Gasteiger partial charge >= 0.3 is 5.63 Å². The molecular formula is C9H7N3O3S2. The molecule has 0 aliphatic heterocycles. The van der Waals surface area contributed by atoms with Gasteiger partial charge in [-0.2, -0.15) is 0 Å². The van der Waals surface area contributed by atoms with E-state index in [9.17, 15) is 9.59 Å². The van der Waals surface area contributed by atoms with Crippen LogP contribution in [0.25, 0.3) is 10.6 Å². The van der Waals surface area contributed by atoms with Crippen molar-refractivity contribution in [3.8, 4) is 10.6 Å². The molecule has 0 fully saturated rings. The summed E-state index contributed by atoms with van der Waals surface area (Å²) in [5, 5.41) is 8.19. The Balaban J connectivity index is 2.46. The summed E-state index contributed by atoms with van der Waals surface area (Å²) in [6.07, 6.45) is 1.86. The zero-order valence-corrected chi connectivity index (χ0v) is 10.3. The van der Waals surface area contributed by atoms with Crippen molar-refractivity contribution < 1.29 is 9.21 Å². The first-order valence-electron chi connectivity index (χ1n) is 4.43. The highest BCUT2D eigenvalue weighted by Gasteiger charge is 2.13. The molecule has 2 aromatic rings. The van der Waals surface area contributed by atoms with Gasteiger partial charge in [0.25, 0.3) is 5.91 Å². The number of thioether (sulfide) groups is 1. The van der Waals surface area contributed by atoms with Gasteiger partial charge in [0, 0.05) is 0 Å². The predicted octanol–water partition coefficient (Wildman–Crippen LogP) is 0.979. The van der Waals surface area contributed by atoms with Crippen molar-refractivity contribution >= 4 is 29.0 Å². The van der Waals surface area contributed by atoms with Gasteiger partial charge in [-0.25, -0.2) is 4.79 Å². The molecule has 2 heterocycles. The van der Waals surface area contributed by atoms with Gasteiger partial charge in [-0.3, -0.25) is 4.79 Å². The maximum atomic E-state index is 11.6. The minimum atomic E-state index is -0.782. The lowest BCUT2D eigenvalue weighted by atomic mass is 10.3. The highest BCUT2D eigenvalue weighted by atomic mass is 32.2. The van der Waals surface area contributed by atoms with Crippen LogP contribution in [0.3, 0.4) is 0 Å². The topological polar surface area (TPSA) is 99.1 Å². The van der Waals surface area contributed by atoms with Crippen LogP contribution in [0.2, 0.25) is 0 Å². The van der Waals surface area contributed by atoms with E-state index in [0.29, 0.717) is 5.01 Å². The number of carbonyl (C=O) groups is 1. The van der Waals surface area contributed by atoms with Gasteiger partial charge in [-0.05, 0) is 18.4 Å². The van der Waals surface area contributed by atoms with Gasteiger partial charge in [0.2, 0.25) is 0 Å². The summed E-state index contributed by atoms with van der Waals surface area (Å²) in [7, 11) is 0. The summed E-state index contributed by atoms with van der Waals surface area (Å²) >= 11 is 2.72. The minimum Gasteiger partial charge on any atom is -0.417 e. The van der Waals surface area contributed by atoms with Gasteiger partial charge in [0.05, 0.1) is 5.56 Å². The number of amides is 1. The first-order valence-corrected chi connectivity index (χ1v) is 6.47. The van der Waals surface area contributed by atoms with Gasteiger partial charge in [0.1, 0.15) is 0 Å². The number of carbonyl (C=O) groups excluding carboxylic acids is 1. The Kier molecular flexibility index (Phi) is 3.25. The standard InChI is InChI=1S/C9H7N3O3S2/c1-16-9-12-11-7(17-9)4-2-3-5(6(10)13)15-8(4)14/h2-3H,1H3,(H2,10,13). The quantitative estimate of drug-likeness (QED) is 0.834.